The van der Waals surface area contributed by atoms with Gasteiger partial charge in [-0.1, -0.05) is 36.4 Å². The molecule has 8 rings (SSSR count). The lowest BCUT2D eigenvalue weighted by Gasteiger charge is -2.16. The summed E-state index contributed by atoms with van der Waals surface area (Å²) in [6, 6.07) is 26.3. The van der Waals surface area contributed by atoms with Crippen LogP contribution >= 0.6 is 0 Å². The standard InChI is InChI=1S/C34H30N4/c1-5-13-29-25(9-1)26-10-2-6-14-30(26)37(29)33-19-17-23(21-35-33)24-18-20-34(36-22-24)38-31-15-7-3-11-27(31)28-12-4-8-16-32(28)38/h1,3,5,7,9,11,13,15,17-22H,2,4,6,8,10,12,14,16H2. The van der Waals surface area contributed by atoms with Crippen LogP contribution in [0.5, 0.6) is 0 Å². The van der Waals surface area contributed by atoms with Gasteiger partial charge in [0, 0.05) is 45.7 Å². The molecule has 4 heterocycles. The second-order valence-electron chi connectivity index (χ2n) is 10.8. The summed E-state index contributed by atoms with van der Waals surface area (Å²) in [6.07, 6.45) is 13.6. The number of benzene rings is 2. The van der Waals surface area contributed by atoms with Crippen molar-refractivity contribution in [3.05, 3.63) is 108 Å². The smallest absolute Gasteiger partial charge is 0.137 e. The Balaban J connectivity index is 1.16. The highest BCUT2D eigenvalue weighted by Crippen LogP contribution is 2.36. The van der Waals surface area contributed by atoms with Crippen molar-refractivity contribution in [3.63, 3.8) is 0 Å². The fraction of sp³-hybridized carbons (Fsp3) is 0.235. The summed E-state index contributed by atoms with van der Waals surface area (Å²) in [4.78, 5) is 9.91. The molecule has 0 fully saturated rings. The second kappa shape index (κ2) is 8.70. The number of hydrogen-bond donors (Lipinski definition) is 0. The molecule has 2 aliphatic carbocycles. The van der Waals surface area contributed by atoms with Crippen LogP contribution in [-0.2, 0) is 25.7 Å². The van der Waals surface area contributed by atoms with E-state index < -0.39 is 0 Å². The molecule has 0 saturated heterocycles. The first-order valence-corrected chi connectivity index (χ1v) is 14.0. The third-order valence-electron chi connectivity index (χ3n) is 8.64. The van der Waals surface area contributed by atoms with Crippen molar-refractivity contribution in [2.45, 2.75) is 51.4 Å². The van der Waals surface area contributed by atoms with Crippen LogP contribution in [0.4, 0.5) is 0 Å². The van der Waals surface area contributed by atoms with Gasteiger partial charge in [-0.05, 0) is 98.9 Å². The Morgan fingerprint density at radius 3 is 1.37 bits per heavy atom. The van der Waals surface area contributed by atoms with Crippen molar-refractivity contribution < 1.29 is 0 Å². The Morgan fingerprint density at radius 1 is 0.474 bits per heavy atom. The molecular formula is C34H30N4. The summed E-state index contributed by atoms with van der Waals surface area (Å²) in [5.41, 5.74) is 10.6. The van der Waals surface area contributed by atoms with Gasteiger partial charge in [0.05, 0.1) is 11.0 Å². The zero-order valence-corrected chi connectivity index (χ0v) is 21.5. The molecule has 0 spiro atoms. The lowest BCUT2D eigenvalue weighted by atomic mass is 9.95. The van der Waals surface area contributed by atoms with Gasteiger partial charge in [-0.3, -0.25) is 9.13 Å². The van der Waals surface area contributed by atoms with Gasteiger partial charge < -0.3 is 0 Å². The molecule has 0 amide bonds. The fourth-order valence-corrected chi connectivity index (χ4v) is 6.89. The number of hydrogen-bond acceptors (Lipinski definition) is 2. The van der Waals surface area contributed by atoms with Crippen LogP contribution < -0.4 is 0 Å². The van der Waals surface area contributed by atoms with Gasteiger partial charge in [0.2, 0.25) is 0 Å². The average molecular weight is 495 g/mol. The zero-order valence-electron chi connectivity index (χ0n) is 21.5. The minimum absolute atomic E-state index is 1.00. The number of pyridine rings is 2. The Morgan fingerprint density at radius 2 is 0.921 bits per heavy atom. The van der Waals surface area contributed by atoms with Gasteiger partial charge in [0.1, 0.15) is 11.6 Å². The number of rotatable bonds is 3. The molecule has 2 aromatic carbocycles. The van der Waals surface area contributed by atoms with Crippen LogP contribution in [0.25, 0.3) is 44.6 Å². The highest BCUT2D eigenvalue weighted by atomic mass is 15.1. The molecule has 0 atom stereocenters. The van der Waals surface area contributed by atoms with E-state index in [1.807, 2.05) is 12.4 Å². The molecule has 0 aliphatic heterocycles. The van der Waals surface area contributed by atoms with Crippen molar-refractivity contribution in [1.29, 1.82) is 0 Å². The van der Waals surface area contributed by atoms with Crippen molar-refractivity contribution in [3.8, 4) is 22.8 Å². The third kappa shape index (κ3) is 3.29. The summed E-state index contributed by atoms with van der Waals surface area (Å²) in [6.45, 7) is 0. The zero-order chi connectivity index (χ0) is 25.1. The average Bonchev–Trinajstić information content (AvgIpc) is 3.51. The molecule has 4 nitrogen and oxygen atoms in total. The van der Waals surface area contributed by atoms with Crippen LogP contribution in [0.3, 0.4) is 0 Å². The molecule has 4 heteroatoms. The predicted molar refractivity (Wildman–Crippen MR) is 154 cm³/mol. The summed E-state index contributed by atoms with van der Waals surface area (Å²) in [5.74, 6) is 2.01. The van der Waals surface area contributed by atoms with E-state index in [1.165, 1.54) is 82.8 Å². The Hall–Kier alpha value is -4.18. The predicted octanol–water partition coefficient (Wildman–Crippen LogP) is 7.79. The molecule has 186 valence electrons. The first kappa shape index (κ1) is 21.9. The van der Waals surface area contributed by atoms with Gasteiger partial charge in [0.25, 0.3) is 0 Å². The van der Waals surface area contributed by atoms with Crippen LogP contribution in [0.15, 0.2) is 85.2 Å². The first-order valence-electron chi connectivity index (χ1n) is 14.0. The van der Waals surface area contributed by atoms with E-state index >= 15 is 0 Å². The minimum atomic E-state index is 1.00. The largest absolute Gasteiger partial charge is 0.298 e. The van der Waals surface area contributed by atoms with Gasteiger partial charge in [0.15, 0.2) is 0 Å². The Kier molecular flexibility index (Phi) is 5.00. The monoisotopic (exact) mass is 494 g/mol. The molecule has 38 heavy (non-hydrogen) atoms. The number of aromatic nitrogens is 4. The van der Waals surface area contributed by atoms with Crippen molar-refractivity contribution in [2.24, 2.45) is 0 Å². The van der Waals surface area contributed by atoms with Crippen molar-refractivity contribution in [1.82, 2.24) is 19.1 Å². The molecule has 6 aromatic rings. The van der Waals surface area contributed by atoms with Crippen LogP contribution in [0.2, 0.25) is 0 Å². The maximum absolute atomic E-state index is 4.96. The fourth-order valence-electron chi connectivity index (χ4n) is 6.89. The van der Waals surface area contributed by atoms with E-state index in [9.17, 15) is 0 Å². The molecular weight excluding hydrogens is 464 g/mol. The third-order valence-corrected chi connectivity index (χ3v) is 8.64. The van der Waals surface area contributed by atoms with Gasteiger partial charge >= 0.3 is 0 Å². The Labute approximate surface area is 222 Å². The first-order chi connectivity index (χ1) is 18.9. The maximum Gasteiger partial charge on any atom is 0.137 e. The van der Waals surface area contributed by atoms with E-state index in [0.717, 1.165) is 35.6 Å². The number of para-hydroxylation sites is 2. The summed E-state index contributed by atoms with van der Waals surface area (Å²) >= 11 is 0. The molecule has 2 aliphatic rings. The van der Waals surface area contributed by atoms with Gasteiger partial charge in [-0.2, -0.15) is 0 Å². The van der Waals surface area contributed by atoms with Gasteiger partial charge in [-0.15, -0.1) is 0 Å². The summed E-state index contributed by atoms with van der Waals surface area (Å²) in [7, 11) is 0. The highest BCUT2D eigenvalue weighted by Gasteiger charge is 2.22. The van der Waals surface area contributed by atoms with Crippen molar-refractivity contribution in [2.75, 3.05) is 0 Å². The molecule has 0 saturated carbocycles. The van der Waals surface area contributed by atoms with Crippen LogP contribution in [0, 0.1) is 0 Å². The van der Waals surface area contributed by atoms with E-state index in [4.69, 9.17) is 9.97 Å². The molecule has 4 aromatic heterocycles. The molecule has 0 radical (unpaired) electrons. The second-order valence-corrected chi connectivity index (χ2v) is 10.8. The number of nitrogens with zero attached hydrogens (tertiary/aromatic N) is 4. The summed E-state index contributed by atoms with van der Waals surface area (Å²) < 4.78 is 4.77. The molecule has 0 N–H and O–H groups in total. The number of aryl methyl sites for hydroxylation is 2. The van der Waals surface area contributed by atoms with Crippen molar-refractivity contribution >= 4 is 21.8 Å². The van der Waals surface area contributed by atoms with E-state index in [2.05, 4.69) is 81.9 Å². The maximum atomic E-state index is 4.96. The summed E-state index contributed by atoms with van der Waals surface area (Å²) in [5, 5.41) is 2.76. The highest BCUT2D eigenvalue weighted by molar-refractivity contribution is 5.88. The van der Waals surface area contributed by atoms with E-state index in [1.54, 1.807) is 0 Å². The topological polar surface area (TPSA) is 35.6 Å². The molecule has 0 bridgehead atoms. The quantitative estimate of drug-likeness (QED) is 0.252. The van der Waals surface area contributed by atoms with Gasteiger partial charge in [-0.25, -0.2) is 9.97 Å². The lowest BCUT2D eigenvalue weighted by molar-refractivity contribution is 0.664. The normalized spacial score (nSPS) is 15.1. The van der Waals surface area contributed by atoms with Crippen LogP contribution in [0.1, 0.15) is 48.2 Å². The van der Waals surface area contributed by atoms with E-state index in [-0.39, 0.29) is 0 Å². The SMILES string of the molecule is c1ccc2c(c1)c1c(n2-c2ccc(-c3ccc(-n4c5c(c6ccccc64)CCCC5)nc3)cn2)CCCC1. The van der Waals surface area contributed by atoms with E-state index in [0.29, 0.717) is 0 Å². The number of fused-ring (bicyclic) bond motifs is 6. The Bertz CT molecular complexity index is 1670. The molecule has 0 unspecified atom stereocenters. The van der Waals surface area contributed by atoms with Crippen LogP contribution in [-0.4, -0.2) is 19.1 Å². The lowest BCUT2D eigenvalue weighted by Crippen LogP contribution is -2.08. The minimum Gasteiger partial charge on any atom is -0.298 e.